The largest absolute Gasteiger partial charge is 0.434 e. The Balaban J connectivity index is 1.65. The van der Waals surface area contributed by atoms with Gasteiger partial charge in [-0.3, -0.25) is 0 Å². The van der Waals surface area contributed by atoms with E-state index in [-0.39, 0.29) is 0 Å². The molecule has 2 heterocycles. The number of hydrogen-bond donors (Lipinski definition) is 3. The summed E-state index contributed by atoms with van der Waals surface area (Å²) in [5.41, 5.74) is 2.80. The Kier molecular flexibility index (Phi) is 4.56. The van der Waals surface area contributed by atoms with Crippen LogP contribution in [0.3, 0.4) is 0 Å². The predicted octanol–water partition coefficient (Wildman–Crippen LogP) is 3.36. The average Bonchev–Trinajstić information content (AvgIpc) is 3.38. The number of benzene rings is 1. The quantitative estimate of drug-likeness (QED) is 0.759. The standard InChI is InChI=1S/C18H23ClN4O2/c1-10(11-4-6-20-7-5-11)21-15-9-13(17-22-23-18(24)25-17)8-14(16(15)19)12-2-3-12/h8-12,20-21H,2-7H2,1H3,(H,23,24). The van der Waals surface area contributed by atoms with E-state index in [9.17, 15) is 4.79 Å². The minimum Gasteiger partial charge on any atom is -0.388 e. The third-order valence-electron chi connectivity index (χ3n) is 5.28. The van der Waals surface area contributed by atoms with Crippen molar-refractivity contribution in [3.63, 3.8) is 0 Å². The van der Waals surface area contributed by atoms with Gasteiger partial charge in [0.05, 0.1) is 10.7 Å². The molecule has 6 nitrogen and oxygen atoms in total. The topological polar surface area (TPSA) is 83.0 Å². The molecule has 4 rings (SSSR count). The molecule has 1 atom stereocenters. The summed E-state index contributed by atoms with van der Waals surface area (Å²) in [5.74, 6) is 0.873. The van der Waals surface area contributed by atoms with E-state index in [1.54, 1.807) is 0 Å². The van der Waals surface area contributed by atoms with Gasteiger partial charge in [0.25, 0.3) is 0 Å². The number of halogens is 1. The Morgan fingerprint density at radius 2 is 2.04 bits per heavy atom. The summed E-state index contributed by atoms with van der Waals surface area (Å²) >= 11 is 6.70. The van der Waals surface area contributed by atoms with Gasteiger partial charge < -0.3 is 15.1 Å². The highest BCUT2D eigenvalue weighted by molar-refractivity contribution is 6.34. The number of rotatable bonds is 5. The van der Waals surface area contributed by atoms with Crippen molar-refractivity contribution in [3.8, 4) is 11.5 Å². The van der Waals surface area contributed by atoms with E-state index < -0.39 is 5.76 Å². The second kappa shape index (κ2) is 6.84. The molecule has 2 fully saturated rings. The molecule has 134 valence electrons. The molecule has 7 heteroatoms. The first kappa shape index (κ1) is 16.7. The van der Waals surface area contributed by atoms with Gasteiger partial charge in [-0.05, 0) is 75.2 Å². The predicted molar refractivity (Wildman–Crippen MR) is 98.2 cm³/mol. The van der Waals surface area contributed by atoms with E-state index in [0.717, 1.165) is 60.6 Å². The van der Waals surface area contributed by atoms with Crippen molar-refractivity contribution in [2.24, 2.45) is 5.92 Å². The molecular formula is C18H23ClN4O2. The van der Waals surface area contributed by atoms with Crippen LogP contribution in [-0.2, 0) is 0 Å². The number of nitrogens with zero attached hydrogens (tertiary/aromatic N) is 1. The van der Waals surface area contributed by atoms with Gasteiger partial charge >= 0.3 is 5.76 Å². The number of nitrogens with one attached hydrogen (secondary N) is 3. The van der Waals surface area contributed by atoms with E-state index in [0.29, 0.717) is 23.8 Å². The Morgan fingerprint density at radius 1 is 1.28 bits per heavy atom. The Morgan fingerprint density at radius 3 is 2.68 bits per heavy atom. The molecule has 1 aliphatic heterocycles. The molecule has 0 spiro atoms. The normalized spacial score (nSPS) is 19.8. The van der Waals surface area contributed by atoms with Crippen molar-refractivity contribution >= 4 is 17.3 Å². The number of H-pyrrole nitrogens is 1. The second-order valence-electron chi connectivity index (χ2n) is 7.14. The lowest BCUT2D eigenvalue weighted by Gasteiger charge is -2.30. The third-order valence-corrected chi connectivity index (χ3v) is 5.70. The number of hydrogen-bond acceptors (Lipinski definition) is 5. The number of aromatic nitrogens is 2. The highest BCUT2D eigenvalue weighted by Gasteiger charge is 2.29. The highest BCUT2D eigenvalue weighted by Crippen LogP contribution is 2.47. The minimum absolute atomic E-state index is 0.307. The molecule has 2 aliphatic rings. The zero-order valence-corrected chi connectivity index (χ0v) is 15.0. The van der Waals surface area contributed by atoms with E-state index in [2.05, 4.69) is 27.8 Å². The van der Waals surface area contributed by atoms with Gasteiger partial charge in [0.15, 0.2) is 0 Å². The highest BCUT2D eigenvalue weighted by atomic mass is 35.5. The number of anilines is 1. The zero-order valence-electron chi connectivity index (χ0n) is 14.3. The summed E-state index contributed by atoms with van der Waals surface area (Å²) < 4.78 is 5.14. The van der Waals surface area contributed by atoms with Crippen LogP contribution in [0.2, 0.25) is 5.02 Å². The average molecular weight is 363 g/mol. The summed E-state index contributed by atoms with van der Waals surface area (Å²) in [6.07, 6.45) is 4.62. The van der Waals surface area contributed by atoms with Crippen LogP contribution in [0.25, 0.3) is 11.5 Å². The smallest absolute Gasteiger partial charge is 0.388 e. The van der Waals surface area contributed by atoms with E-state index in [1.165, 1.54) is 0 Å². The molecule has 0 amide bonds. The molecule has 1 unspecified atom stereocenters. The lowest BCUT2D eigenvalue weighted by Crippen LogP contribution is -2.36. The van der Waals surface area contributed by atoms with Gasteiger partial charge in [-0.2, -0.15) is 0 Å². The first-order valence-corrected chi connectivity index (χ1v) is 9.36. The van der Waals surface area contributed by atoms with Crippen LogP contribution in [-0.4, -0.2) is 29.3 Å². The van der Waals surface area contributed by atoms with E-state index >= 15 is 0 Å². The van der Waals surface area contributed by atoms with Gasteiger partial charge in [-0.15, -0.1) is 5.10 Å². The third kappa shape index (κ3) is 3.60. The van der Waals surface area contributed by atoms with Crippen molar-refractivity contribution in [1.29, 1.82) is 0 Å². The molecule has 25 heavy (non-hydrogen) atoms. The van der Waals surface area contributed by atoms with Gasteiger partial charge in [0.1, 0.15) is 0 Å². The molecule has 2 aromatic rings. The van der Waals surface area contributed by atoms with Crippen LogP contribution in [0.4, 0.5) is 5.69 Å². The molecule has 3 N–H and O–H groups in total. The molecule has 1 saturated heterocycles. The summed E-state index contributed by atoms with van der Waals surface area (Å²) in [6, 6.07) is 4.26. The van der Waals surface area contributed by atoms with E-state index in [1.807, 2.05) is 12.1 Å². The maximum Gasteiger partial charge on any atom is 0.434 e. The summed E-state index contributed by atoms with van der Waals surface area (Å²) in [7, 11) is 0. The maximum atomic E-state index is 11.3. The SMILES string of the molecule is CC(Nc1cc(-c2n[nH]c(=O)o2)cc(C2CC2)c1Cl)C1CCNCC1. The van der Waals surface area contributed by atoms with Crippen molar-refractivity contribution in [3.05, 3.63) is 33.3 Å². The van der Waals surface area contributed by atoms with Crippen molar-refractivity contribution in [2.45, 2.75) is 44.6 Å². The molecule has 0 bridgehead atoms. The lowest BCUT2D eigenvalue weighted by molar-refractivity contribution is 0.343. The van der Waals surface area contributed by atoms with Crippen LogP contribution in [0.1, 0.15) is 44.1 Å². The molecule has 1 aromatic heterocycles. The van der Waals surface area contributed by atoms with Crippen LogP contribution in [0.15, 0.2) is 21.3 Å². The van der Waals surface area contributed by atoms with Crippen molar-refractivity contribution < 1.29 is 4.42 Å². The lowest BCUT2D eigenvalue weighted by atomic mass is 9.91. The first-order chi connectivity index (χ1) is 12.1. The Labute approximate surface area is 151 Å². The fourth-order valence-electron chi connectivity index (χ4n) is 3.63. The summed E-state index contributed by atoms with van der Waals surface area (Å²) in [4.78, 5) is 11.3. The first-order valence-electron chi connectivity index (χ1n) is 8.98. The van der Waals surface area contributed by atoms with Crippen LogP contribution >= 0.6 is 11.6 Å². The Bertz CT molecular complexity index is 806. The van der Waals surface area contributed by atoms with Crippen molar-refractivity contribution in [2.75, 3.05) is 18.4 Å². The minimum atomic E-state index is -0.546. The van der Waals surface area contributed by atoms with E-state index in [4.69, 9.17) is 16.0 Å². The van der Waals surface area contributed by atoms with Gasteiger partial charge in [-0.25, -0.2) is 9.89 Å². The van der Waals surface area contributed by atoms with Crippen LogP contribution < -0.4 is 16.4 Å². The van der Waals surface area contributed by atoms with Crippen LogP contribution in [0.5, 0.6) is 0 Å². The van der Waals surface area contributed by atoms with Gasteiger partial charge in [-0.1, -0.05) is 11.6 Å². The summed E-state index contributed by atoms with van der Waals surface area (Å²) in [5, 5.41) is 14.1. The fourth-order valence-corrected chi connectivity index (χ4v) is 3.95. The molecule has 1 aliphatic carbocycles. The molecule has 1 saturated carbocycles. The van der Waals surface area contributed by atoms with Crippen LogP contribution in [0, 0.1) is 5.92 Å². The zero-order chi connectivity index (χ0) is 17.4. The second-order valence-corrected chi connectivity index (χ2v) is 7.52. The van der Waals surface area contributed by atoms with Gasteiger partial charge in [0.2, 0.25) is 5.89 Å². The van der Waals surface area contributed by atoms with Crippen molar-refractivity contribution in [1.82, 2.24) is 15.5 Å². The molecule has 0 radical (unpaired) electrons. The van der Waals surface area contributed by atoms with Gasteiger partial charge in [0, 0.05) is 11.6 Å². The molecule has 1 aromatic carbocycles. The fraction of sp³-hybridized carbons (Fsp3) is 0.556. The monoisotopic (exact) mass is 362 g/mol. The number of piperidine rings is 1. The number of aromatic amines is 1. The molecular weight excluding hydrogens is 340 g/mol. The summed E-state index contributed by atoms with van der Waals surface area (Å²) in [6.45, 7) is 4.34. The Hall–Kier alpha value is -1.79. The maximum absolute atomic E-state index is 11.3.